The quantitative estimate of drug-likeness (QED) is 0.605. The summed E-state index contributed by atoms with van der Waals surface area (Å²) in [6.45, 7) is 3.02. The molecule has 2 aromatic rings. The van der Waals surface area contributed by atoms with Crippen LogP contribution >= 0.6 is 22.9 Å². The van der Waals surface area contributed by atoms with E-state index in [-0.39, 0.29) is 48.7 Å². The van der Waals surface area contributed by atoms with E-state index >= 15 is 0 Å². The van der Waals surface area contributed by atoms with Gasteiger partial charge >= 0.3 is 0 Å². The molecule has 0 N–H and O–H groups in total. The molecule has 1 aromatic heterocycles. The molecule has 2 heterocycles. The first kappa shape index (κ1) is 23.7. The average Bonchev–Trinajstić information content (AvgIpc) is 3.31. The number of thiophene rings is 1. The van der Waals surface area contributed by atoms with Crippen LogP contribution in [0.5, 0.6) is 0 Å². The fourth-order valence-corrected chi connectivity index (χ4v) is 5.79. The molecule has 1 aliphatic heterocycles. The second-order valence-electron chi connectivity index (χ2n) is 7.43. The van der Waals surface area contributed by atoms with Gasteiger partial charge in [-0.1, -0.05) is 17.7 Å². The van der Waals surface area contributed by atoms with E-state index < -0.39 is 10.0 Å². The number of piperazine rings is 1. The van der Waals surface area contributed by atoms with Gasteiger partial charge < -0.3 is 9.80 Å². The molecule has 1 saturated heterocycles. The van der Waals surface area contributed by atoms with Crippen LogP contribution in [0.2, 0.25) is 5.02 Å². The summed E-state index contributed by atoms with van der Waals surface area (Å²) in [5.74, 6) is -0.215. The highest BCUT2D eigenvalue weighted by Gasteiger charge is 2.30. The Balaban J connectivity index is 1.49. The van der Waals surface area contributed by atoms with Crippen molar-refractivity contribution in [2.24, 2.45) is 0 Å². The Kier molecular flexibility index (Phi) is 7.74. The maximum Gasteiger partial charge on any atom is 0.243 e. The minimum absolute atomic E-state index is 0.0378. The van der Waals surface area contributed by atoms with Crippen LogP contribution < -0.4 is 0 Å². The SMILES string of the molecule is C[C@@H](c1cccs1)N(C)C(=O)CCC(=O)N1CCN(S(=O)(=O)c2ccc(Cl)cc2)CC1. The van der Waals surface area contributed by atoms with Crippen molar-refractivity contribution in [2.45, 2.75) is 30.7 Å². The van der Waals surface area contributed by atoms with E-state index in [0.717, 1.165) is 4.88 Å². The number of hydrogen-bond donors (Lipinski definition) is 0. The molecule has 168 valence electrons. The molecule has 3 rings (SSSR count). The predicted octanol–water partition coefficient (Wildman–Crippen LogP) is 3.23. The first-order valence-electron chi connectivity index (χ1n) is 10.0. The molecule has 10 heteroatoms. The Morgan fingerprint density at radius 2 is 1.74 bits per heavy atom. The molecule has 1 aliphatic rings. The Morgan fingerprint density at radius 1 is 1.10 bits per heavy atom. The molecule has 1 fully saturated rings. The van der Waals surface area contributed by atoms with Crippen LogP contribution in [0, 0.1) is 0 Å². The van der Waals surface area contributed by atoms with E-state index in [4.69, 9.17) is 11.6 Å². The smallest absolute Gasteiger partial charge is 0.243 e. The molecule has 1 atom stereocenters. The second-order valence-corrected chi connectivity index (χ2v) is 10.8. The maximum absolute atomic E-state index is 12.8. The molecular weight excluding hydrogens is 458 g/mol. The fraction of sp³-hybridized carbons (Fsp3) is 0.429. The van der Waals surface area contributed by atoms with Gasteiger partial charge in [-0.3, -0.25) is 9.59 Å². The van der Waals surface area contributed by atoms with Gasteiger partial charge in [0.1, 0.15) is 0 Å². The number of nitrogens with zero attached hydrogens (tertiary/aromatic N) is 3. The van der Waals surface area contributed by atoms with Gasteiger partial charge in [-0.2, -0.15) is 4.31 Å². The minimum atomic E-state index is -3.62. The van der Waals surface area contributed by atoms with E-state index in [9.17, 15) is 18.0 Å². The predicted molar refractivity (Wildman–Crippen MR) is 122 cm³/mol. The van der Waals surface area contributed by atoms with Gasteiger partial charge in [0, 0.05) is 56.0 Å². The number of halogens is 1. The highest BCUT2D eigenvalue weighted by Crippen LogP contribution is 2.24. The Hall–Kier alpha value is -1.94. The van der Waals surface area contributed by atoms with Crippen molar-refractivity contribution in [3.05, 3.63) is 51.7 Å². The Labute approximate surface area is 192 Å². The number of hydrogen-bond acceptors (Lipinski definition) is 5. The average molecular weight is 484 g/mol. The summed E-state index contributed by atoms with van der Waals surface area (Å²) in [6.07, 6.45) is 0.249. The lowest BCUT2D eigenvalue weighted by Crippen LogP contribution is -2.50. The maximum atomic E-state index is 12.8. The number of benzene rings is 1. The molecule has 7 nitrogen and oxygen atoms in total. The molecule has 0 spiro atoms. The first-order chi connectivity index (χ1) is 14.7. The van der Waals surface area contributed by atoms with Gasteiger partial charge in [0.25, 0.3) is 0 Å². The van der Waals surface area contributed by atoms with E-state index in [0.29, 0.717) is 18.1 Å². The summed E-state index contributed by atoms with van der Waals surface area (Å²) in [7, 11) is -1.87. The topological polar surface area (TPSA) is 78.0 Å². The monoisotopic (exact) mass is 483 g/mol. The summed E-state index contributed by atoms with van der Waals surface area (Å²) in [5, 5.41) is 2.44. The third-order valence-electron chi connectivity index (χ3n) is 5.52. The lowest BCUT2D eigenvalue weighted by Gasteiger charge is -2.34. The second kappa shape index (κ2) is 10.1. The van der Waals surface area contributed by atoms with Crippen LogP contribution in [0.4, 0.5) is 0 Å². The molecule has 0 radical (unpaired) electrons. The summed E-state index contributed by atoms with van der Waals surface area (Å²) in [4.78, 5) is 29.6. The van der Waals surface area contributed by atoms with Gasteiger partial charge in [-0.25, -0.2) is 8.42 Å². The highest BCUT2D eigenvalue weighted by atomic mass is 35.5. The zero-order chi connectivity index (χ0) is 22.6. The molecule has 0 unspecified atom stereocenters. The number of rotatable bonds is 7. The lowest BCUT2D eigenvalue weighted by molar-refractivity contribution is -0.138. The van der Waals surface area contributed by atoms with E-state index in [1.807, 2.05) is 24.4 Å². The molecule has 31 heavy (non-hydrogen) atoms. The van der Waals surface area contributed by atoms with Crippen LogP contribution in [0.25, 0.3) is 0 Å². The van der Waals surface area contributed by atoms with Crippen LogP contribution in [-0.4, -0.2) is 67.6 Å². The number of carbonyl (C=O) groups excluding carboxylic acids is 2. The lowest BCUT2D eigenvalue weighted by atomic mass is 10.2. The Bertz CT molecular complexity index is 1000. The van der Waals surface area contributed by atoms with Crippen molar-refractivity contribution in [3.63, 3.8) is 0 Å². The van der Waals surface area contributed by atoms with E-state index in [1.54, 1.807) is 40.3 Å². The van der Waals surface area contributed by atoms with Crippen molar-refractivity contribution < 1.29 is 18.0 Å². The third kappa shape index (κ3) is 5.65. The molecule has 0 bridgehead atoms. The summed E-state index contributed by atoms with van der Waals surface area (Å²) in [6, 6.07) is 9.95. The van der Waals surface area contributed by atoms with Crippen molar-refractivity contribution in [1.29, 1.82) is 0 Å². The number of carbonyl (C=O) groups is 2. The molecule has 0 aliphatic carbocycles. The zero-order valence-electron chi connectivity index (χ0n) is 17.5. The normalized spacial score (nSPS) is 16.2. The van der Waals surface area contributed by atoms with Gasteiger partial charge in [-0.15, -0.1) is 11.3 Å². The summed E-state index contributed by atoms with van der Waals surface area (Å²) >= 11 is 7.43. The van der Waals surface area contributed by atoms with Crippen molar-refractivity contribution in [2.75, 3.05) is 33.2 Å². The molecule has 0 saturated carbocycles. The Morgan fingerprint density at radius 3 is 2.32 bits per heavy atom. The minimum Gasteiger partial charge on any atom is -0.340 e. The zero-order valence-corrected chi connectivity index (χ0v) is 19.9. The fourth-order valence-electron chi connectivity index (χ4n) is 3.42. The van der Waals surface area contributed by atoms with Crippen molar-refractivity contribution in [1.82, 2.24) is 14.1 Å². The van der Waals surface area contributed by atoms with Gasteiger partial charge in [0.05, 0.1) is 10.9 Å². The van der Waals surface area contributed by atoms with Crippen LogP contribution in [0.15, 0.2) is 46.7 Å². The van der Waals surface area contributed by atoms with Crippen molar-refractivity contribution in [3.8, 4) is 0 Å². The van der Waals surface area contributed by atoms with E-state index in [1.165, 1.54) is 16.4 Å². The third-order valence-corrected chi connectivity index (χ3v) is 8.73. The van der Waals surface area contributed by atoms with Crippen LogP contribution in [-0.2, 0) is 19.6 Å². The van der Waals surface area contributed by atoms with Gasteiger partial charge in [0.15, 0.2) is 0 Å². The number of sulfonamides is 1. The molecule has 2 amide bonds. The van der Waals surface area contributed by atoms with Gasteiger partial charge in [-0.05, 0) is 42.6 Å². The number of amides is 2. The molecule has 1 aromatic carbocycles. The highest BCUT2D eigenvalue weighted by molar-refractivity contribution is 7.89. The van der Waals surface area contributed by atoms with Crippen LogP contribution in [0.3, 0.4) is 0 Å². The van der Waals surface area contributed by atoms with Crippen LogP contribution in [0.1, 0.15) is 30.7 Å². The largest absolute Gasteiger partial charge is 0.340 e. The summed E-state index contributed by atoms with van der Waals surface area (Å²) < 4.78 is 26.9. The standard InChI is InChI=1S/C21H26ClN3O4S2/c1-16(19-4-3-15-30-19)23(2)20(26)9-10-21(27)24-11-13-25(14-12-24)31(28,29)18-7-5-17(22)6-8-18/h3-8,15-16H,9-14H2,1-2H3/t16-/m0/s1. The van der Waals surface area contributed by atoms with Crippen molar-refractivity contribution >= 4 is 44.8 Å². The van der Waals surface area contributed by atoms with Gasteiger partial charge in [0.2, 0.25) is 21.8 Å². The first-order valence-corrected chi connectivity index (χ1v) is 12.7. The molecular formula is C21H26ClN3O4S2. The van der Waals surface area contributed by atoms with E-state index in [2.05, 4.69) is 0 Å². The summed E-state index contributed by atoms with van der Waals surface area (Å²) in [5.41, 5.74) is 0.